The number of carboxylic acid groups (broad SMARTS) is 1. The Morgan fingerprint density at radius 3 is 2.78 bits per heavy atom. The quantitative estimate of drug-likeness (QED) is 0.893. The minimum Gasteiger partial charge on any atom is -0.475 e. The molecule has 0 bridgehead atoms. The van der Waals surface area contributed by atoms with Gasteiger partial charge in [-0.2, -0.15) is 0 Å². The zero-order chi connectivity index (χ0) is 13.1. The standard InChI is InChI=1S/C12H9ClFNO3/c13-7-3-8(14)5-9(4-7)15-6-10-1-2-11(18-10)12(16)17/h1-5,15H,6H2,(H,16,17). The molecule has 0 aliphatic carbocycles. The second-order valence-electron chi connectivity index (χ2n) is 3.58. The summed E-state index contributed by atoms with van der Waals surface area (Å²) in [6.07, 6.45) is 0. The molecule has 6 heteroatoms. The van der Waals surface area contributed by atoms with Crippen molar-refractivity contribution in [2.45, 2.75) is 6.54 Å². The molecule has 94 valence electrons. The fourth-order valence-corrected chi connectivity index (χ4v) is 1.65. The molecule has 0 amide bonds. The third kappa shape index (κ3) is 3.01. The Labute approximate surface area is 107 Å². The highest BCUT2D eigenvalue weighted by atomic mass is 35.5. The summed E-state index contributed by atoms with van der Waals surface area (Å²) in [5, 5.41) is 11.8. The van der Waals surface area contributed by atoms with E-state index in [2.05, 4.69) is 5.32 Å². The van der Waals surface area contributed by atoms with Gasteiger partial charge in [0.2, 0.25) is 5.76 Å². The van der Waals surface area contributed by atoms with Crippen molar-refractivity contribution in [2.75, 3.05) is 5.32 Å². The number of halogens is 2. The molecule has 1 heterocycles. The summed E-state index contributed by atoms with van der Waals surface area (Å²) in [5.74, 6) is -1.28. The Bertz CT molecular complexity index is 562. The van der Waals surface area contributed by atoms with E-state index in [-0.39, 0.29) is 17.3 Å². The van der Waals surface area contributed by atoms with E-state index >= 15 is 0 Å². The molecule has 0 saturated heterocycles. The summed E-state index contributed by atoms with van der Waals surface area (Å²) >= 11 is 5.70. The van der Waals surface area contributed by atoms with E-state index in [4.69, 9.17) is 21.1 Å². The lowest BCUT2D eigenvalue weighted by atomic mass is 10.3. The summed E-state index contributed by atoms with van der Waals surface area (Å²) in [6, 6.07) is 6.94. The van der Waals surface area contributed by atoms with Crippen LogP contribution < -0.4 is 5.32 Å². The van der Waals surface area contributed by atoms with Gasteiger partial charge in [0.05, 0.1) is 6.54 Å². The molecule has 2 rings (SSSR count). The number of nitrogens with one attached hydrogen (secondary N) is 1. The highest BCUT2D eigenvalue weighted by Crippen LogP contribution is 2.19. The van der Waals surface area contributed by atoms with Crippen LogP contribution in [0.1, 0.15) is 16.3 Å². The summed E-state index contributed by atoms with van der Waals surface area (Å²) in [6.45, 7) is 0.243. The lowest BCUT2D eigenvalue weighted by molar-refractivity contribution is 0.0660. The van der Waals surface area contributed by atoms with Crippen LogP contribution in [-0.2, 0) is 6.54 Å². The second kappa shape index (κ2) is 5.10. The molecule has 0 fully saturated rings. The van der Waals surface area contributed by atoms with Gasteiger partial charge in [0.1, 0.15) is 11.6 Å². The Morgan fingerprint density at radius 2 is 2.17 bits per heavy atom. The molecule has 0 radical (unpaired) electrons. The number of rotatable bonds is 4. The number of benzene rings is 1. The van der Waals surface area contributed by atoms with Gasteiger partial charge in [-0.15, -0.1) is 0 Å². The van der Waals surface area contributed by atoms with E-state index < -0.39 is 11.8 Å². The number of hydrogen-bond donors (Lipinski definition) is 2. The molecule has 0 atom stereocenters. The predicted octanol–water partition coefficient (Wildman–Crippen LogP) is 3.38. The molecule has 18 heavy (non-hydrogen) atoms. The first-order valence-corrected chi connectivity index (χ1v) is 5.44. The lowest BCUT2D eigenvalue weighted by Gasteiger charge is -2.05. The molecule has 0 unspecified atom stereocenters. The van der Waals surface area contributed by atoms with Crippen molar-refractivity contribution >= 4 is 23.3 Å². The molecule has 0 aliphatic heterocycles. The average Bonchev–Trinajstić information content (AvgIpc) is 2.73. The van der Waals surface area contributed by atoms with Crippen LogP contribution in [0.4, 0.5) is 10.1 Å². The van der Waals surface area contributed by atoms with Crippen molar-refractivity contribution in [1.82, 2.24) is 0 Å². The number of hydrogen-bond acceptors (Lipinski definition) is 3. The highest BCUT2D eigenvalue weighted by molar-refractivity contribution is 6.30. The van der Waals surface area contributed by atoms with Crippen LogP contribution in [0.5, 0.6) is 0 Å². The van der Waals surface area contributed by atoms with Gasteiger partial charge in [-0.1, -0.05) is 11.6 Å². The van der Waals surface area contributed by atoms with Gasteiger partial charge in [0.15, 0.2) is 0 Å². The normalized spacial score (nSPS) is 10.3. The molecular formula is C12H9ClFNO3. The third-order valence-electron chi connectivity index (χ3n) is 2.20. The molecular weight excluding hydrogens is 261 g/mol. The topological polar surface area (TPSA) is 62.5 Å². The molecule has 0 saturated carbocycles. The monoisotopic (exact) mass is 269 g/mol. The number of anilines is 1. The van der Waals surface area contributed by atoms with Crippen molar-refractivity contribution in [3.05, 3.63) is 52.7 Å². The van der Waals surface area contributed by atoms with E-state index in [0.29, 0.717) is 11.4 Å². The van der Waals surface area contributed by atoms with E-state index in [1.807, 2.05) is 0 Å². The number of furan rings is 1. The average molecular weight is 270 g/mol. The highest BCUT2D eigenvalue weighted by Gasteiger charge is 2.08. The molecule has 2 N–H and O–H groups in total. The van der Waals surface area contributed by atoms with Crippen molar-refractivity contribution in [3.63, 3.8) is 0 Å². The van der Waals surface area contributed by atoms with Gasteiger partial charge < -0.3 is 14.8 Å². The van der Waals surface area contributed by atoms with Gasteiger partial charge in [0.25, 0.3) is 0 Å². The van der Waals surface area contributed by atoms with E-state index in [1.165, 1.54) is 24.3 Å². The maximum atomic E-state index is 13.0. The Hall–Kier alpha value is -2.01. The maximum absolute atomic E-state index is 13.0. The summed E-state index contributed by atoms with van der Waals surface area (Å²) in [4.78, 5) is 10.6. The summed E-state index contributed by atoms with van der Waals surface area (Å²) < 4.78 is 18.1. The zero-order valence-corrected chi connectivity index (χ0v) is 9.87. The van der Waals surface area contributed by atoms with Gasteiger partial charge >= 0.3 is 5.97 Å². The Balaban J connectivity index is 2.04. The van der Waals surface area contributed by atoms with Gasteiger partial charge in [-0.3, -0.25) is 0 Å². The number of carbonyl (C=O) groups is 1. The van der Waals surface area contributed by atoms with Crippen LogP contribution in [0.3, 0.4) is 0 Å². The Morgan fingerprint density at radius 1 is 1.39 bits per heavy atom. The van der Waals surface area contributed by atoms with Crippen LogP contribution in [0.25, 0.3) is 0 Å². The molecule has 4 nitrogen and oxygen atoms in total. The minimum atomic E-state index is -1.13. The van der Waals surface area contributed by atoms with Crippen LogP contribution >= 0.6 is 11.6 Å². The molecule has 1 aromatic carbocycles. The first kappa shape index (κ1) is 12.4. The largest absolute Gasteiger partial charge is 0.475 e. The fraction of sp³-hybridized carbons (Fsp3) is 0.0833. The molecule has 0 spiro atoms. The van der Waals surface area contributed by atoms with Crippen molar-refractivity contribution in [3.8, 4) is 0 Å². The summed E-state index contributed by atoms with van der Waals surface area (Å²) in [5.41, 5.74) is 0.494. The van der Waals surface area contributed by atoms with Crippen molar-refractivity contribution < 1.29 is 18.7 Å². The first-order valence-electron chi connectivity index (χ1n) is 5.06. The SMILES string of the molecule is O=C(O)c1ccc(CNc2cc(F)cc(Cl)c2)o1. The van der Waals surface area contributed by atoms with Crippen LogP contribution in [0.15, 0.2) is 34.7 Å². The van der Waals surface area contributed by atoms with Crippen LogP contribution in [0.2, 0.25) is 5.02 Å². The van der Waals surface area contributed by atoms with Gasteiger partial charge in [-0.25, -0.2) is 9.18 Å². The third-order valence-corrected chi connectivity index (χ3v) is 2.42. The van der Waals surface area contributed by atoms with Gasteiger partial charge in [-0.05, 0) is 30.3 Å². The smallest absolute Gasteiger partial charge is 0.371 e. The van der Waals surface area contributed by atoms with E-state index in [0.717, 1.165) is 0 Å². The van der Waals surface area contributed by atoms with Gasteiger partial charge in [0, 0.05) is 10.7 Å². The van der Waals surface area contributed by atoms with Crippen molar-refractivity contribution in [1.29, 1.82) is 0 Å². The second-order valence-corrected chi connectivity index (χ2v) is 4.02. The lowest BCUT2D eigenvalue weighted by Crippen LogP contribution is -1.99. The van der Waals surface area contributed by atoms with Crippen LogP contribution in [-0.4, -0.2) is 11.1 Å². The van der Waals surface area contributed by atoms with Crippen LogP contribution in [0, 0.1) is 5.82 Å². The van der Waals surface area contributed by atoms with Crippen molar-refractivity contribution in [2.24, 2.45) is 0 Å². The maximum Gasteiger partial charge on any atom is 0.371 e. The van der Waals surface area contributed by atoms with E-state index in [1.54, 1.807) is 6.07 Å². The molecule has 0 aliphatic rings. The fourth-order valence-electron chi connectivity index (χ4n) is 1.43. The Kier molecular flexibility index (Phi) is 3.53. The molecule has 1 aromatic heterocycles. The predicted molar refractivity (Wildman–Crippen MR) is 64.4 cm³/mol. The molecule has 2 aromatic rings. The minimum absolute atomic E-state index is 0.135. The number of carboxylic acids is 1. The van der Waals surface area contributed by atoms with E-state index in [9.17, 15) is 9.18 Å². The summed E-state index contributed by atoms with van der Waals surface area (Å²) in [7, 11) is 0. The zero-order valence-electron chi connectivity index (χ0n) is 9.11. The number of aromatic carboxylic acids is 1. The first-order chi connectivity index (χ1) is 8.54.